The van der Waals surface area contributed by atoms with Gasteiger partial charge in [0.1, 0.15) is 5.75 Å². The molecule has 0 amide bonds. The zero-order valence-corrected chi connectivity index (χ0v) is 12.8. The molecule has 0 unspecified atom stereocenters. The third-order valence-corrected chi connectivity index (χ3v) is 4.15. The number of fused-ring (bicyclic) bond motifs is 1. The summed E-state index contributed by atoms with van der Waals surface area (Å²) in [6, 6.07) is 25.4. The molecule has 0 aliphatic heterocycles. The van der Waals surface area contributed by atoms with Gasteiger partial charge in [0.25, 0.3) is 0 Å². The molecule has 0 radical (unpaired) electrons. The Morgan fingerprint density at radius 1 is 0.833 bits per heavy atom. The van der Waals surface area contributed by atoms with Crippen LogP contribution in [0.1, 0.15) is 5.56 Å². The fourth-order valence-electron chi connectivity index (χ4n) is 3.07. The minimum atomic E-state index is 0.192. The molecular weight excluding hydrogens is 296 g/mol. The fraction of sp³-hybridized carbons (Fsp3) is 0. The highest BCUT2D eigenvalue weighted by Crippen LogP contribution is 2.43. The van der Waals surface area contributed by atoms with Crippen LogP contribution in [-0.4, -0.2) is 9.51 Å². The predicted octanol–water partition coefficient (Wildman–Crippen LogP) is 4.85. The zero-order valence-electron chi connectivity index (χ0n) is 12.8. The number of pyridine rings is 1. The molecule has 2 heterocycles. The zero-order chi connectivity index (χ0) is 16.5. The van der Waals surface area contributed by atoms with E-state index in [0.717, 1.165) is 22.4 Å². The van der Waals surface area contributed by atoms with E-state index < -0.39 is 0 Å². The molecule has 4 rings (SSSR count). The van der Waals surface area contributed by atoms with Crippen LogP contribution in [0.15, 0.2) is 79.0 Å². The van der Waals surface area contributed by atoms with Gasteiger partial charge in [0.2, 0.25) is 0 Å². The van der Waals surface area contributed by atoms with Crippen molar-refractivity contribution in [2.24, 2.45) is 0 Å². The molecule has 0 aliphatic rings. The summed E-state index contributed by atoms with van der Waals surface area (Å²) >= 11 is 0. The maximum Gasteiger partial charge on any atom is 0.149 e. The first-order chi connectivity index (χ1) is 11.8. The van der Waals surface area contributed by atoms with E-state index in [1.54, 1.807) is 12.1 Å². The maximum absolute atomic E-state index is 10.9. The lowest BCUT2D eigenvalue weighted by Crippen LogP contribution is -1.90. The van der Waals surface area contributed by atoms with Gasteiger partial charge in [-0.25, -0.2) is 0 Å². The largest absolute Gasteiger partial charge is 0.505 e. The summed E-state index contributed by atoms with van der Waals surface area (Å²) in [4.78, 5) is 0. The van der Waals surface area contributed by atoms with Gasteiger partial charge in [0.05, 0.1) is 28.4 Å². The SMILES string of the molecule is N#Cc1ccn2c(-c3ccccc3)c(-c3ccccc3)c(O)c2c1. The number of nitriles is 1. The molecule has 0 saturated heterocycles. The van der Waals surface area contributed by atoms with Gasteiger partial charge < -0.3 is 9.51 Å². The Morgan fingerprint density at radius 2 is 1.46 bits per heavy atom. The molecule has 3 nitrogen and oxygen atoms in total. The number of rotatable bonds is 2. The standard InChI is InChI=1S/C21H14N2O/c22-14-15-11-12-23-18(13-15)21(24)19(16-7-3-1-4-8-16)20(23)17-9-5-2-6-10-17/h1-13,24H. The quantitative estimate of drug-likeness (QED) is 0.575. The first kappa shape index (κ1) is 14.1. The number of hydrogen-bond donors (Lipinski definition) is 1. The molecule has 0 bridgehead atoms. The van der Waals surface area contributed by atoms with Gasteiger partial charge in [-0.3, -0.25) is 0 Å². The lowest BCUT2D eigenvalue weighted by molar-refractivity contribution is 0.484. The Kier molecular flexibility index (Phi) is 3.29. The average Bonchev–Trinajstić information content (AvgIpc) is 2.95. The van der Waals surface area contributed by atoms with E-state index >= 15 is 0 Å². The number of hydrogen-bond acceptors (Lipinski definition) is 2. The number of benzene rings is 2. The van der Waals surface area contributed by atoms with Crippen molar-refractivity contribution in [2.75, 3.05) is 0 Å². The Hall–Kier alpha value is -3.51. The molecule has 4 aromatic rings. The van der Waals surface area contributed by atoms with E-state index in [4.69, 9.17) is 5.26 Å². The lowest BCUT2D eigenvalue weighted by Gasteiger charge is -2.07. The van der Waals surface area contributed by atoms with Crippen LogP contribution in [-0.2, 0) is 0 Å². The smallest absolute Gasteiger partial charge is 0.149 e. The van der Waals surface area contributed by atoms with Crippen LogP contribution in [0.5, 0.6) is 5.75 Å². The van der Waals surface area contributed by atoms with Gasteiger partial charge in [0.15, 0.2) is 0 Å². The molecule has 0 aliphatic carbocycles. The van der Waals surface area contributed by atoms with Gasteiger partial charge >= 0.3 is 0 Å². The normalized spacial score (nSPS) is 10.6. The van der Waals surface area contributed by atoms with E-state index in [9.17, 15) is 5.11 Å². The molecule has 1 N–H and O–H groups in total. The van der Waals surface area contributed by atoms with Crippen molar-refractivity contribution < 1.29 is 5.11 Å². The Bertz CT molecular complexity index is 1060. The van der Waals surface area contributed by atoms with Crippen molar-refractivity contribution in [3.8, 4) is 34.2 Å². The number of nitrogens with zero attached hydrogens (tertiary/aromatic N) is 2. The Morgan fingerprint density at radius 3 is 2.08 bits per heavy atom. The highest BCUT2D eigenvalue weighted by atomic mass is 16.3. The van der Waals surface area contributed by atoms with Crippen LogP contribution in [0.25, 0.3) is 27.9 Å². The van der Waals surface area contributed by atoms with Crippen molar-refractivity contribution in [1.82, 2.24) is 4.40 Å². The van der Waals surface area contributed by atoms with Gasteiger partial charge in [-0.1, -0.05) is 60.7 Å². The summed E-state index contributed by atoms with van der Waals surface area (Å²) in [5.41, 5.74) is 4.80. The summed E-state index contributed by atoms with van der Waals surface area (Å²) in [5, 5.41) is 20.0. The third-order valence-electron chi connectivity index (χ3n) is 4.15. The van der Waals surface area contributed by atoms with Gasteiger partial charge in [-0.05, 0) is 23.3 Å². The second kappa shape index (κ2) is 5.60. The highest BCUT2D eigenvalue weighted by molar-refractivity contribution is 5.93. The van der Waals surface area contributed by atoms with E-state index in [1.807, 2.05) is 71.3 Å². The van der Waals surface area contributed by atoms with E-state index in [2.05, 4.69) is 6.07 Å². The van der Waals surface area contributed by atoms with Crippen LogP contribution in [0.3, 0.4) is 0 Å². The minimum Gasteiger partial charge on any atom is -0.505 e. The average molecular weight is 310 g/mol. The van der Waals surface area contributed by atoms with Crippen LogP contribution in [0.4, 0.5) is 0 Å². The second-order valence-electron chi connectivity index (χ2n) is 5.59. The first-order valence-electron chi connectivity index (χ1n) is 7.67. The van der Waals surface area contributed by atoms with Crippen LogP contribution < -0.4 is 0 Å². The third kappa shape index (κ3) is 2.13. The molecule has 0 fully saturated rings. The summed E-state index contributed by atoms with van der Waals surface area (Å²) in [6.45, 7) is 0. The second-order valence-corrected chi connectivity index (χ2v) is 5.59. The van der Waals surface area contributed by atoms with Gasteiger partial charge in [-0.15, -0.1) is 0 Å². The molecule has 2 aromatic heterocycles. The van der Waals surface area contributed by atoms with E-state index in [0.29, 0.717) is 11.1 Å². The van der Waals surface area contributed by atoms with Crippen molar-refractivity contribution in [3.05, 3.63) is 84.6 Å². The Balaban J connectivity index is 2.14. The summed E-state index contributed by atoms with van der Waals surface area (Å²) in [6.07, 6.45) is 1.84. The fourth-order valence-corrected chi connectivity index (χ4v) is 3.07. The van der Waals surface area contributed by atoms with E-state index in [-0.39, 0.29) is 5.75 Å². The molecule has 0 saturated carbocycles. The van der Waals surface area contributed by atoms with Crippen molar-refractivity contribution in [1.29, 1.82) is 5.26 Å². The molecule has 2 aromatic carbocycles. The lowest BCUT2D eigenvalue weighted by atomic mass is 10.0. The van der Waals surface area contributed by atoms with E-state index in [1.165, 1.54) is 0 Å². The van der Waals surface area contributed by atoms with Crippen molar-refractivity contribution >= 4 is 5.52 Å². The number of aromatic nitrogens is 1. The number of aromatic hydroxyl groups is 1. The molecule has 114 valence electrons. The maximum atomic E-state index is 10.9. The summed E-state index contributed by atoms with van der Waals surface area (Å²) in [7, 11) is 0. The minimum absolute atomic E-state index is 0.192. The highest BCUT2D eigenvalue weighted by Gasteiger charge is 2.20. The van der Waals surface area contributed by atoms with Crippen LogP contribution in [0, 0.1) is 11.3 Å². The molecule has 0 atom stereocenters. The van der Waals surface area contributed by atoms with Crippen molar-refractivity contribution in [2.45, 2.75) is 0 Å². The first-order valence-corrected chi connectivity index (χ1v) is 7.67. The Labute approximate surface area is 139 Å². The predicted molar refractivity (Wildman–Crippen MR) is 94.6 cm³/mol. The van der Waals surface area contributed by atoms with Crippen molar-refractivity contribution in [3.63, 3.8) is 0 Å². The van der Waals surface area contributed by atoms with Crippen LogP contribution in [0.2, 0.25) is 0 Å². The molecule has 0 spiro atoms. The topological polar surface area (TPSA) is 48.4 Å². The summed E-state index contributed by atoms with van der Waals surface area (Å²) in [5.74, 6) is 0.192. The summed E-state index contributed by atoms with van der Waals surface area (Å²) < 4.78 is 1.94. The van der Waals surface area contributed by atoms with Gasteiger partial charge in [-0.2, -0.15) is 5.26 Å². The molecule has 3 heteroatoms. The molecular formula is C21H14N2O. The van der Waals surface area contributed by atoms with Gasteiger partial charge in [0, 0.05) is 6.20 Å². The monoisotopic (exact) mass is 310 g/mol. The van der Waals surface area contributed by atoms with Crippen LogP contribution >= 0.6 is 0 Å². The molecule has 24 heavy (non-hydrogen) atoms.